The van der Waals surface area contributed by atoms with Crippen LogP contribution in [0, 0.1) is 0 Å². The van der Waals surface area contributed by atoms with E-state index >= 15 is 0 Å². The summed E-state index contributed by atoms with van der Waals surface area (Å²) in [5, 5.41) is 9.64. The molecule has 0 heterocycles. The van der Waals surface area contributed by atoms with Gasteiger partial charge in [-0.2, -0.15) is 0 Å². The molecule has 0 amide bonds. The van der Waals surface area contributed by atoms with Crippen molar-refractivity contribution in [1.29, 1.82) is 0 Å². The molecule has 0 aromatic heterocycles. The van der Waals surface area contributed by atoms with Crippen LogP contribution in [0.15, 0.2) is 24.3 Å². The zero-order valence-electron chi connectivity index (χ0n) is 44.7. The lowest BCUT2D eigenvalue weighted by molar-refractivity contribution is -0.161. The summed E-state index contributed by atoms with van der Waals surface area (Å²) in [5.41, 5.74) is 0. The number of unbranched alkanes of at least 4 members (excludes halogenated alkanes) is 44. The molecule has 1 N–H and O–H groups in total. The van der Waals surface area contributed by atoms with Crippen LogP contribution in [0.25, 0.3) is 0 Å². The van der Waals surface area contributed by atoms with Crippen LogP contribution in [0.1, 0.15) is 335 Å². The average molecular weight is 930 g/mol. The molecule has 1 atom stereocenters. The maximum Gasteiger partial charge on any atom is 0.306 e. The third-order valence-electron chi connectivity index (χ3n) is 13.7. The molecule has 5 heteroatoms. The van der Waals surface area contributed by atoms with Gasteiger partial charge in [0, 0.05) is 12.8 Å². The lowest BCUT2D eigenvalue weighted by Crippen LogP contribution is -2.28. The number of carbonyl (C=O) groups excluding carboxylic acids is 2. The van der Waals surface area contributed by atoms with E-state index in [2.05, 4.69) is 38.2 Å². The molecule has 0 radical (unpaired) electrons. The van der Waals surface area contributed by atoms with Gasteiger partial charge in [0.25, 0.3) is 0 Å². The number of rotatable bonds is 56. The topological polar surface area (TPSA) is 72.8 Å². The predicted molar refractivity (Wildman–Crippen MR) is 288 cm³/mol. The second-order valence-corrected chi connectivity index (χ2v) is 20.4. The van der Waals surface area contributed by atoms with E-state index in [0.717, 1.165) is 44.9 Å². The molecule has 0 rings (SSSR count). The molecule has 0 saturated carbocycles. The van der Waals surface area contributed by atoms with Gasteiger partial charge in [0.2, 0.25) is 0 Å². The summed E-state index contributed by atoms with van der Waals surface area (Å²) in [5.74, 6) is -0.582. The fourth-order valence-corrected chi connectivity index (χ4v) is 9.24. The Labute approximate surface area is 413 Å². The minimum Gasteiger partial charge on any atom is -0.462 e. The van der Waals surface area contributed by atoms with Crippen LogP contribution in [-0.2, 0) is 19.1 Å². The summed E-state index contributed by atoms with van der Waals surface area (Å²) in [6, 6.07) is 0. The summed E-state index contributed by atoms with van der Waals surface area (Å²) < 4.78 is 10.7. The second-order valence-electron chi connectivity index (χ2n) is 20.4. The highest BCUT2D eigenvalue weighted by Crippen LogP contribution is 2.18. The van der Waals surface area contributed by atoms with Crippen LogP contribution in [0.3, 0.4) is 0 Å². The van der Waals surface area contributed by atoms with Gasteiger partial charge in [-0.3, -0.25) is 9.59 Å². The van der Waals surface area contributed by atoms with Gasteiger partial charge in [-0.05, 0) is 44.9 Å². The van der Waals surface area contributed by atoms with Crippen LogP contribution >= 0.6 is 0 Å². The predicted octanol–water partition coefficient (Wildman–Crippen LogP) is 20.1. The molecular weight excluding hydrogens is 813 g/mol. The Morgan fingerprint density at radius 3 is 0.924 bits per heavy atom. The first-order chi connectivity index (χ1) is 32.6. The molecule has 0 aliphatic rings. The Morgan fingerprint density at radius 2 is 0.606 bits per heavy atom. The monoisotopic (exact) mass is 929 g/mol. The lowest BCUT2D eigenvalue weighted by Gasteiger charge is -2.15. The van der Waals surface area contributed by atoms with Crippen LogP contribution in [0.4, 0.5) is 0 Å². The molecular formula is C61H116O5. The molecule has 66 heavy (non-hydrogen) atoms. The summed E-state index contributed by atoms with van der Waals surface area (Å²) in [4.78, 5) is 24.5. The van der Waals surface area contributed by atoms with Crippen LogP contribution in [0.2, 0.25) is 0 Å². The van der Waals surface area contributed by atoms with E-state index in [4.69, 9.17) is 9.47 Å². The van der Waals surface area contributed by atoms with Crippen LogP contribution < -0.4 is 0 Å². The van der Waals surface area contributed by atoms with E-state index in [1.165, 1.54) is 263 Å². The molecule has 0 aliphatic carbocycles. The average Bonchev–Trinajstić information content (AvgIpc) is 3.32. The Hall–Kier alpha value is -1.62. The first-order valence-electron chi connectivity index (χ1n) is 29.9. The smallest absolute Gasteiger partial charge is 0.306 e. The van der Waals surface area contributed by atoms with Gasteiger partial charge in [-0.25, -0.2) is 0 Å². The van der Waals surface area contributed by atoms with Crippen molar-refractivity contribution < 1.29 is 24.2 Å². The Kier molecular flexibility index (Phi) is 56.3. The number of esters is 2. The summed E-state index contributed by atoms with van der Waals surface area (Å²) in [7, 11) is 0. The first kappa shape index (κ1) is 64.4. The molecule has 5 nitrogen and oxygen atoms in total. The number of allylic oxidation sites excluding steroid dienone is 4. The highest BCUT2D eigenvalue weighted by Gasteiger charge is 2.16. The van der Waals surface area contributed by atoms with Crippen molar-refractivity contribution in [2.75, 3.05) is 13.2 Å². The first-order valence-corrected chi connectivity index (χ1v) is 29.9. The standard InChI is InChI=1S/C61H116O5/c1-3-5-7-9-11-13-15-17-19-21-22-23-24-25-26-27-28-29-30-31-32-33-34-35-36-37-38-40-41-43-45-47-49-51-53-55-60(63)65-58-59(57-62)66-61(64)56-54-52-50-48-46-44-42-39-20-18-16-14-12-10-8-6-4-2/h12,14,18,20,59,62H,3-11,13,15-17,19,21-58H2,1-2H3/b14-12-,20-18-. The van der Waals surface area contributed by atoms with E-state index in [1.54, 1.807) is 0 Å². The molecule has 1 unspecified atom stereocenters. The fraction of sp³-hybridized carbons (Fsp3) is 0.902. The molecule has 0 spiro atoms. The van der Waals surface area contributed by atoms with E-state index in [-0.39, 0.29) is 25.2 Å². The second kappa shape index (κ2) is 57.7. The van der Waals surface area contributed by atoms with Crippen molar-refractivity contribution in [2.45, 2.75) is 341 Å². The molecule has 0 aliphatic heterocycles. The molecule has 0 saturated heterocycles. The number of hydrogen-bond donors (Lipinski definition) is 1. The van der Waals surface area contributed by atoms with Crippen LogP contribution in [-0.4, -0.2) is 36.4 Å². The number of aliphatic hydroxyl groups excluding tert-OH is 1. The lowest BCUT2D eigenvalue weighted by atomic mass is 10.0. The minimum atomic E-state index is -0.773. The zero-order chi connectivity index (χ0) is 47.7. The van der Waals surface area contributed by atoms with Crippen molar-refractivity contribution in [1.82, 2.24) is 0 Å². The van der Waals surface area contributed by atoms with Gasteiger partial charge in [-0.1, -0.05) is 301 Å². The summed E-state index contributed by atoms with van der Waals surface area (Å²) >= 11 is 0. The third-order valence-corrected chi connectivity index (χ3v) is 13.7. The van der Waals surface area contributed by atoms with Crippen molar-refractivity contribution >= 4 is 11.9 Å². The van der Waals surface area contributed by atoms with Gasteiger partial charge in [-0.15, -0.1) is 0 Å². The van der Waals surface area contributed by atoms with Gasteiger partial charge in [0.15, 0.2) is 6.10 Å². The molecule has 0 bridgehead atoms. The van der Waals surface area contributed by atoms with E-state index in [9.17, 15) is 14.7 Å². The highest BCUT2D eigenvalue weighted by molar-refractivity contribution is 5.70. The quantitative estimate of drug-likeness (QED) is 0.0374. The summed E-state index contributed by atoms with van der Waals surface area (Å²) in [6.45, 7) is 4.16. The largest absolute Gasteiger partial charge is 0.462 e. The van der Waals surface area contributed by atoms with Gasteiger partial charge >= 0.3 is 11.9 Å². The van der Waals surface area contributed by atoms with E-state index in [1.807, 2.05) is 0 Å². The van der Waals surface area contributed by atoms with Gasteiger partial charge in [0.1, 0.15) is 6.61 Å². The van der Waals surface area contributed by atoms with Gasteiger partial charge in [0.05, 0.1) is 6.61 Å². The van der Waals surface area contributed by atoms with Crippen molar-refractivity contribution in [3.63, 3.8) is 0 Å². The number of hydrogen-bond acceptors (Lipinski definition) is 5. The Morgan fingerprint density at radius 1 is 0.348 bits per heavy atom. The van der Waals surface area contributed by atoms with E-state index in [0.29, 0.717) is 12.8 Å². The molecule has 0 fully saturated rings. The van der Waals surface area contributed by atoms with Crippen molar-refractivity contribution in [3.05, 3.63) is 24.3 Å². The van der Waals surface area contributed by atoms with Crippen molar-refractivity contribution in [3.8, 4) is 0 Å². The summed E-state index contributed by atoms with van der Waals surface area (Å²) in [6.07, 6.45) is 73.3. The van der Waals surface area contributed by atoms with Crippen molar-refractivity contribution in [2.24, 2.45) is 0 Å². The van der Waals surface area contributed by atoms with E-state index < -0.39 is 6.10 Å². The van der Waals surface area contributed by atoms with Gasteiger partial charge < -0.3 is 14.6 Å². The third kappa shape index (κ3) is 55.0. The number of carbonyl (C=O) groups is 2. The Balaban J connectivity index is 3.37. The normalized spacial score (nSPS) is 12.2. The molecule has 0 aromatic rings. The number of aliphatic hydroxyl groups is 1. The number of ether oxygens (including phenoxy) is 2. The highest BCUT2D eigenvalue weighted by atomic mass is 16.6. The maximum absolute atomic E-state index is 12.3. The maximum atomic E-state index is 12.3. The zero-order valence-corrected chi connectivity index (χ0v) is 44.7. The fourth-order valence-electron chi connectivity index (χ4n) is 9.24. The van der Waals surface area contributed by atoms with Crippen LogP contribution in [0.5, 0.6) is 0 Å². The Bertz CT molecular complexity index is 1010. The molecule has 0 aromatic carbocycles. The molecule has 390 valence electrons. The minimum absolute atomic E-state index is 0.0638. The SMILES string of the molecule is CCCCC/C=C\C/C=C\CCCCCCCCCC(=O)OC(CO)COC(=O)CCCCCCCCCCCCCCCCCCCCCCCCCCCCCCCCCCCCC.